The number of ether oxygens (including phenoxy) is 1. The molecule has 2 heterocycles. The van der Waals surface area contributed by atoms with Gasteiger partial charge in [-0.1, -0.05) is 18.2 Å². The van der Waals surface area contributed by atoms with Crippen molar-refractivity contribution in [3.8, 4) is 5.75 Å². The van der Waals surface area contributed by atoms with Crippen LogP contribution in [0.4, 0.5) is 0 Å². The molecule has 1 amide bonds. The SMILES string of the molecule is COc1ccccc1[C@@H](C)NC(=O)c1ccn2c(C)cc(C)nc12. The van der Waals surface area contributed by atoms with Gasteiger partial charge in [0.2, 0.25) is 0 Å². The van der Waals surface area contributed by atoms with E-state index in [1.165, 1.54) is 0 Å². The van der Waals surface area contributed by atoms with Crippen molar-refractivity contribution in [2.24, 2.45) is 0 Å². The summed E-state index contributed by atoms with van der Waals surface area (Å²) in [5.74, 6) is 0.616. The highest BCUT2D eigenvalue weighted by Gasteiger charge is 2.18. The van der Waals surface area contributed by atoms with Crippen LogP contribution in [0, 0.1) is 13.8 Å². The normalized spacial score (nSPS) is 12.2. The van der Waals surface area contributed by atoms with E-state index in [1.54, 1.807) is 13.2 Å². The summed E-state index contributed by atoms with van der Waals surface area (Å²) in [5.41, 5.74) is 4.14. The van der Waals surface area contributed by atoms with E-state index in [4.69, 9.17) is 4.74 Å². The lowest BCUT2D eigenvalue weighted by atomic mass is 10.1. The van der Waals surface area contributed by atoms with Crippen molar-refractivity contribution in [2.45, 2.75) is 26.8 Å². The standard InChI is InChI=1S/C19H21N3O2/c1-12-11-13(2)22-10-9-16(18(22)20-12)19(23)21-14(3)15-7-5-6-8-17(15)24-4/h5-11,14H,1-4H3,(H,21,23)/t14-/m1/s1. The number of fused-ring (bicyclic) bond motifs is 1. The first-order valence-electron chi connectivity index (χ1n) is 7.90. The van der Waals surface area contributed by atoms with Crippen LogP contribution in [0.15, 0.2) is 42.6 Å². The van der Waals surface area contributed by atoms with Crippen molar-refractivity contribution < 1.29 is 9.53 Å². The lowest BCUT2D eigenvalue weighted by Crippen LogP contribution is -2.27. The summed E-state index contributed by atoms with van der Waals surface area (Å²) < 4.78 is 7.30. The number of aromatic nitrogens is 2. The Balaban J connectivity index is 1.90. The van der Waals surface area contributed by atoms with Crippen LogP contribution < -0.4 is 10.1 Å². The van der Waals surface area contributed by atoms with Crippen molar-refractivity contribution in [3.63, 3.8) is 0 Å². The molecule has 1 N–H and O–H groups in total. The fourth-order valence-electron chi connectivity index (χ4n) is 2.95. The Morgan fingerprint density at radius 1 is 1.25 bits per heavy atom. The third-order valence-electron chi connectivity index (χ3n) is 4.14. The van der Waals surface area contributed by atoms with E-state index in [1.807, 2.05) is 61.7 Å². The van der Waals surface area contributed by atoms with Crippen LogP contribution in [0.1, 0.15) is 40.3 Å². The van der Waals surface area contributed by atoms with Gasteiger partial charge in [0, 0.05) is 23.1 Å². The minimum atomic E-state index is -0.172. The molecule has 0 saturated carbocycles. The van der Waals surface area contributed by atoms with Crippen LogP contribution in [0.3, 0.4) is 0 Å². The van der Waals surface area contributed by atoms with Gasteiger partial charge in [-0.05, 0) is 39.0 Å². The minimum absolute atomic E-state index is 0.145. The van der Waals surface area contributed by atoms with Gasteiger partial charge < -0.3 is 14.5 Å². The lowest BCUT2D eigenvalue weighted by molar-refractivity contribution is 0.0941. The predicted molar refractivity (Wildman–Crippen MR) is 93.5 cm³/mol. The number of carbonyl (C=O) groups excluding carboxylic acids is 1. The molecule has 0 fully saturated rings. The minimum Gasteiger partial charge on any atom is -0.496 e. The number of methoxy groups -OCH3 is 1. The number of nitrogens with zero attached hydrogens (tertiary/aromatic N) is 2. The molecule has 3 aromatic rings. The number of hydrogen-bond acceptors (Lipinski definition) is 3. The summed E-state index contributed by atoms with van der Waals surface area (Å²) >= 11 is 0. The Bertz CT molecular complexity index is 899. The summed E-state index contributed by atoms with van der Waals surface area (Å²) in [6, 6.07) is 11.3. The van der Waals surface area contributed by atoms with E-state index in [0.717, 1.165) is 22.7 Å². The third-order valence-corrected chi connectivity index (χ3v) is 4.14. The van der Waals surface area contributed by atoms with E-state index in [2.05, 4.69) is 10.3 Å². The summed E-state index contributed by atoms with van der Waals surface area (Å²) in [6.07, 6.45) is 1.87. The fraction of sp³-hybridized carbons (Fsp3) is 0.263. The van der Waals surface area contributed by atoms with Crippen LogP contribution in [-0.2, 0) is 0 Å². The van der Waals surface area contributed by atoms with Crippen molar-refractivity contribution >= 4 is 11.6 Å². The lowest BCUT2D eigenvalue weighted by Gasteiger charge is -2.17. The van der Waals surface area contributed by atoms with Crippen molar-refractivity contribution in [1.29, 1.82) is 0 Å². The van der Waals surface area contributed by atoms with Gasteiger partial charge in [-0.2, -0.15) is 0 Å². The van der Waals surface area contributed by atoms with Gasteiger partial charge in [-0.15, -0.1) is 0 Å². The molecule has 2 aromatic heterocycles. The van der Waals surface area contributed by atoms with Crippen LogP contribution in [0.2, 0.25) is 0 Å². The van der Waals surface area contributed by atoms with Gasteiger partial charge in [0.1, 0.15) is 11.4 Å². The molecule has 3 rings (SSSR count). The highest BCUT2D eigenvalue weighted by atomic mass is 16.5. The molecule has 0 aliphatic carbocycles. The Morgan fingerprint density at radius 3 is 2.75 bits per heavy atom. The average molecular weight is 323 g/mol. The molecule has 0 radical (unpaired) electrons. The molecule has 0 spiro atoms. The Hall–Kier alpha value is -2.82. The fourth-order valence-corrected chi connectivity index (χ4v) is 2.95. The van der Waals surface area contributed by atoms with Crippen molar-refractivity contribution in [1.82, 2.24) is 14.7 Å². The molecule has 0 unspecified atom stereocenters. The molecule has 0 bridgehead atoms. The van der Waals surface area contributed by atoms with Gasteiger partial charge in [0.25, 0.3) is 5.91 Å². The molecule has 0 aliphatic rings. The maximum absolute atomic E-state index is 12.7. The number of carbonyl (C=O) groups is 1. The zero-order chi connectivity index (χ0) is 17.3. The first-order chi connectivity index (χ1) is 11.5. The van der Waals surface area contributed by atoms with Crippen LogP contribution in [0.25, 0.3) is 5.65 Å². The second kappa shape index (κ2) is 6.35. The highest BCUT2D eigenvalue weighted by molar-refractivity contribution is 6.00. The zero-order valence-corrected chi connectivity index (χ0v) is 14.3. The van der Waals surface area contributed by atoms with Gasteiger partial charge in [0.15, 0.2) is 0 Å². The molecule has 0 aliphatic heterocycles. The predicted octanol–water partition coefficient (Wildman–Crippen LogP) is 3.45. The van der Waals surface area contributed by atoms with E-state index < -0.39 is 0 Å². The van der Waals surface area contributed by atoms with E-state index in [9.17, 15) is 4.79 Å². The number of para-hydroxylation sites is 1. The van der Waals surface area contributed by atoms with E-state index in [0.29, 0.717) is 11.2 Å². The Morgan fingerprint density at radius 2 is 2.00 bits per heavy atom. The number of benzene rings is 1. The smallest absolute Gasteiger partial charge is 0.255 e. The number of amides is 1. The Labute approximate surface area is 141 Å². The third kappa shape index (κ3) is 2.85. The number of nitrogens with one attached hydrogen (secondary N) is 1. The molecule has 5 nitrogen and oxygen atoms in total. The van der Waals surface area contributed by atoms with Gasteiger partial charge in [-0.25, -0.2) is 4.98 Å². The second-order valence-electron chi connectivity index (χ2n) is 5.90. The number of aryl methyl sites for hydroxylation is 2. The topological polar surface area (TPSA) is 55.6 Å². The first kappa shape index (κ1) is 16.1. The van der Waals surface area contributed by atoms with Gasteiger partial charge in [0.05, 0.1) is 18.7 Å². The average Bonchev–Trinajstić information content (AvgIpc) is 2.98. The molecular weight excluding hydrogens is 302 g/mol. The molecule has 124 valence electrons. The summed E-state index contributed by atoms with van der Waals surface area (Å²) in [5, 5.41) is 3.03. The first-order valence-corrected chi connectivity index (χ1v) is 7.90. The molecular formula is C19H21N3O2. The maximum atomic E-state index is 12.7. The van der Waals surface area contributed by atoms with E-state index >= 15 is 0 Å². The van der Waals surface area contributed by atoms with E-state index in [-0.39, 0.29) is 11.9 Å². The molecule has 0 saturated heterocycles. The summed E-state index contributed by atoms with van der Waals surface area (Å²) in [6.45, 7) is 5.87. The van der Waals surface area contributed by atoms with Crippen LogP contribution in [-0.4, -0.2) is 22.4 Å². The second-order valence-corrected chi connectivity index (χ2v) is 5.90. The number of hydrogen-bond donors (Lipinski definition) is 1. The van der Waals surface area contributed by atoms with Gasteiger partial charge >= 0.3 is 0 Å². The number of rotatable bonds is 4. The molecule has 1 atom stereocenters. The van der Waals surface area contributed by atoms with Crippen LogP contribution >= 0.6 is 0 Å². The maximum Gasteiger partial charge on any atom is 0.255 e. The van der Waals surface area contributed by atoms with Gasteiger partial charge in [-0.3, -0.25) is 4.79 Å². The summed E-state index contributed by atoms with van der Waals surface area (Å²) in [7, 11) is 1.63. The monoisotopic (exact) mass is 323 g/mol. The quantitative estimate of drug-likeness (QED) is 0.800. The molecule has 1 aromatic carbocycles. The highest BCUT2D eigenvalue weighted by Crippen LogP contribution is 2.25. The largest absolute Gasteiger partial charge is 0.496 e. The zero-order valence-electron chi connectivity index (χ0n) is 14.3. The molecule has 5 heteroatoms. The van der Waals surface area contributed by atoms with Crippen molar-refractivity contribution in [3.05, 3.63) is 65.1 Å². The molecule has 24 heavy (non-hydrogen) atoms. The summed E-state index contributed by atoms with van der Waals surface area (Å²) in [4.78, 5) is 17.2. The van der Waals surface area contributed by atoms with Crippen molar-refractivity contribution in [2.75, 3.05) is 7.11 Å². The Kier molecular flexibility index (Phi) is 4.25. The van der Waals surface area contributed by atoms with Crippen LogP contribution in [0.5, 0.6) is 5.75 Å².